The van der Waals surface area contributed by atoms with Crippen molar-refractivity contribution in [3.05, 3.63) is 34.6 Å². The van der Waals surface area contributed by atoms with Crippen LogP contribution in [0.1, 0.15) is 24.5 Å². The van der Waals surface area contributed by atoms with Crippen molar-refractivity contribution in [1.29, 1.82) is 0 Å². The van der Waals surface area contributed by atoms with Gasteiger partial charge in [-0.05, 0) is 30.7 Å². The van der Waals surface area contributed by atoms with Crippen molar-refractivity contribution >= 4 is 17.6 Å². The summed E-state index contributed by atoms with van der Waals surface area (Å²) in [7, 11) is 1.39. The number of methoxy groups -OCH3 is 1. The fraction of sp³-hybridized carbons (Fsp3) is 0.533. The predicted molar refractivity (Wildman–Crippen MR) is 77.8 cm³/mol. The molecule has 0 bridgehead atoms. The predicted octanol–water partition coefficient (Wildman–Crippen LogP) is 2.81. The normalized spacial score (nSPS) is 19.5. The number of rotatable bonds is 5. The van der Waals surface area contributed by atoms with Crippen molar-refractivity contribution in [3.8, 4) is 0 Å². The Morgan fingerprint density at radius 3 is 3.10 bits per heavy atom. The highest BCUT2D eigenvalue weighted by molar-refractivity contribution is 6.30. The Labute approximate surface area is 128 Å². The summed E-state index contributed by atoms with van der Waals surface area (Å²) >= 11 is 5.81. The third-order valence-electron chi connectivity index (χ3n) is 3.55. The summed E-state index contributed by atoms with van der Waals surface area (Å²) in [5, 5.41) is 0.110. The van der Waals surface area contributed by atoms with Gasteiger partial charge in [0.05, 0.1) is 24.8 Å². The SMILES string of the molecule is COC(=O)CCCN1CCOC(c2ccc(F)c(Cl)c2)C1. The zero-order valence-corrected chi connectivity index (χ0v) is 12.7. The van der Waals surface area contributed by atoms with Gasteiger partial charge in [-0.3, -0.25) is 9.69 Å². The van der Waals surface area contributed by atoms with E-state index in [9.17, 15) is 9.18 Å². The van der Waals surface area contributed by atoms with Gasteiger partial charge in [-0.15, -0.1) is 0 Å². The average molecular weight is 316 g/mol. The first-order valence-corrected chi connectivity index (χ1v) is 7.33. The summed E-state index contributed by atoms with van der Waals surface area (Å²) in [6.07, 6.45) is 1.06. The number of hydrogen-bond donors (Lipinski definition) is 0. The van der Waals surface area contributed by atoms with Crippen LogP contribution in [-0.4, -0.2) is 44.2 Å². The number of ether oxygens (including phenoxy) is 2. The molecule has 21 heavy (non-hydrogen) atoms. The highest BCUT2D eigenvalue weighted by atomic mass is 35.5. The molecule has 1 aliphatic rings. The second-order valence-corrected chi connectivity index (χ2v) is 5.42. The number of carbonyl (C=O) groups excluding carboxylic acids is 1. The monoisotopic (exact) mass is 315 g/mol. The molecule has 0 amide bonds. The second-order valence-electron chi connectivity index (χ2n) is 5.01. The molecule has 1 atom stereocenters. The summed E-state index contributed by atoms with van der Waals surface area (Å²) in [6, 6.07) is 4.67. The minimum atomic E-state index is -0.425. The largest absolute Gasteiger partial charge is 0.469 e. The molecule has 1 aliphatic heterocycles. The number of nitrogens with zero attached hydrogens (tertiary/aromatic N) is 1. The molecule has 0 spiro atoms. The lowest BCUT2D eigenvalue weighted by Crippen LogP contribution is -2.39. The van der Waals surface area contributed by atoms with Gasteiger partial charge in [-0.2, -0.15) is 0 Å². The van der Waals surface area contributed by atoms with E-state index in [4.69, 9.17) is 16.3 Å². The molecule has 0 saturated carbocycles. The Bertz CT molecular complexity index is 498. The molecule has 0 radical (unpaired) electrons. The van der Waals surface area contributed by atoms with E-state index in [1.54, 1.807) is 12.1 Å². The smallest absolute Gasteiger partial charge is 0.305 e. The molecule has 1 unspecified atom stereocenters. The topological polar surface area (TPSA) is 38.8 Å². The molecule has 116 valence electrons. The zero-order valence-electron chi connectivity index (χ0n) is 12.0. The Kier molecular flexibility index (Phi) is 5.96. The van der Waals surface area contributed by atoms with Gasteiger partial charge in [-0.1, -0.05) is 17.7 Å². The number of benzene rings is 1. The quantitative estimate of drug-likeness (QED) is 0.783. The fourth-order valence-electron chi connectivity index (χ4n) is 2.37. The van der Waals surface area contributed by atoms with Crippen LogP contribution in [-0.2, 0) is 14.3 Å². The molecule has 0 aliphatic carbocycles. The maximum atomic E-state index is 13.2. The Morgan fingerprint density at radius 2 is 2.38 bits per heavy atom. The molecule has 1 fully saturated rings. The van der Waals surface area contributed by atoms with E-state index in [2.05, 4.69) is 9.64 Å². The first kappa shape index (κ1) is 16.2. The Hall–Kier alpha value is -1.17. The number of halogens is 2. The average Bonchev–Trinajstić information content (AvgIpc) is 2.50. The number of carbonyl (C=O) groups is 1. The summed E-state index contributed by atoms with van der Waals surface area (Å²) < 4.78 is 23.5. The maximum absolute atomic E-state index is 13.2. The van der Waals surface area contributed by atoms with Crippen LogP contribution < -0.4 is 0 Å². The van der Waals surface area contributed by atoms with Crippen molar-refractivity contribution < 1.29 is 18.7 Å². The van der Waals surface area contributed by atoms with Crippen LogP contribution in [0.5, 0.6) is 0 Å². The van der Waals surface area contributed by atoms with Crippen LogP contribution in [0.3, 0.4) is 0 Å². The molecule has 1 saturated heterocycles. The van der Waals surface area contributed by atoms with Crippen molar-refractivity contribution in [1.82, 2.24) is 4.90 Å². The molecule has 2 rings (SSSR count). The Morgan fingerprint density at radius 1 is 1.57 bits per heavy atom. The Balaban J connectivity index is 1.88. The summed E-state index contributed by atoms with van der Waals surface area (Å²) in [6.45, 7) is 2.96. The summed E-state index contributed by atoms with van der Waals surface area (Å²) in [5.74, 6) is -0.615. The van der Waals surface area contributed by atoms with Crippen LogP contribution in [0.15, 0.2) is 18.2 Å². The van der Waals surface area contributed by atoms with E-state index < -0.39 is 5.82 Å². The fourth-order valence-corrected chi connectivity index (χ4v) is 2.56. The minimum absolute atomic E-state index is 0.110. The van der Waals surface area contributed by atoms with Gasteiger partial charge >= 0.3 is 5.97 Å². The highest BCUT2D eigenvalue weighted by Gasteiger charge is 2.22. The van der Waals surface area contributed by atoms with Gasteiger partial charge in [0.25, 0.3) is 0 Å². The standard InChI is InChI=1S/C15H19ClFNO3/c1-20-15(19)3-2-6-18-7-8-21-14(10-18)11-4-5-13(17)12(16)9-11/h4-5,9,14H,2-3,6-8,10H2,1H3. The molecule has 6 heteroatoms. The maximum Gasteiger partial charge on any atom is 0.305 e. The van der Waals surface area contributed by atoms with Gasteiger partial charge in [0.15, 0.2) is 0 Å². The summed E-state index contributed by atoms with van der Waals surface area (Å²) in [5.41, 5.74) is 0.874. The molecule has 0 aromatic heterocycles. The lowest BCUT2D eigenvalue weighted by atomic mass is 10.1. The molecule has 1 aromatic carbocycles. The van der Waals surface area contributed by atoms with E-state index in [1.165, 1.54) is 13.2 Å². The third kappa shape index (κ3) is 4.66. The van der Waals surface area contributed by atoms with Crippen LogP contribution >= 0.6 is 11.6 Å². The molecular weight excluding hydrogens is 297 g/mol. The van der Waals surface area contributed by atoms with Crippen molar-refractivity contribution in [3.63, 3.8) is 0 Å². The van der Waals surface area contributed by atoms with Crippen molar-refractivity contribution in [2.24, 2.45) is 0 Å². The number of morpholine rings is 1. The van der Waals surface area contributed by atoms with Crippen LogP contribution in [0, 0.1) is 5.82 Å². The van der Waals surface area contributed by atoms with Gasteiger partial charge < -0.3 is 9.47 Å². The first-order chi connectivity index (χ1) is 10.1. The van der Waals surface area contributed by atoms with Gasteiger partial charge in [0.1, 0.15) is 5.82 Å². The van der Waals surface area contributed by atoms with Gasteiger partial charge in [0, 0.05) is 19.5 Å². The molecule has 0 N–H and O–H groups in total. The van der Waals surface area contributed by atoms with Crippen LogP contribution in [0.4, 0.5) is 4.39 Å². The number of hydrogen-bond acceptors (Lipinski definition) is 4. The lowest BCUT2D eigenvalue weighted by molar-refractivity contribution is -0.140. The third-order valence-corrected chi connectivity index (χ3v) is 3.84. The van der Waals surface area contributed by atoms with E-state index in [0.29, 0.717) is 19.6 Å². The van der Waals surface area contributed by atoms with E-state index >= 15 is 0 Å². The molecule has 1 heterocycles. The van der Waals surface area contributed by atoms with Gasteiger partial charge in [0.2, 0.25) is 0 Å². The molecular formula is C15H19ClFNO3. The van der Waals surface area contributed by atoms with Gasteiger partial charge in [-0.25, -0.2) is 4.39 Å². The minimum Gasteiger partial charge on any atom is -0.469 e. The molecule has 4 nitrogen and oxygen atoms in total. The van der Waals surface area contributed by atoms with E-state index in [-0.39, 0.29) is 17.1 Å². The highest BCUT2D eigenvalue weighted by Crippen LogP contribution is 2.26. The van der Waals surface area contributed by atoms with Crippen LogP contribution in [0.25, 0.3) is 0 Å². The zero-order chi connectivity index (χ0) is 15.2. The van der Waals surface area contributed by atoms with Crippen molar-refractivity contribution in [2.45, 2.75) is 18.9 Å². The number of esters is 1. The lowest BCUT2D eigenvalue weighted by Gasteiger charge is -2.33. The summed E-state index contributed by atoms with van der Waals surface area (Å²) in [4.78, 5) is 13.3. The second kappa shape index (κ2) is 7.73. The van der Waals surface area contributed by atoms with Crippen molar-refractivity contribution in [2.75, 3.05) is 33.4 Å². The van der Waals surface area contributed by atoms with Crippen LogP contribution in [0.2, 0.25) is 5.02 Å². The first-order valence-electron chi connectivity index (χ1n) is 6.96. The molecule has 1 aromatic rings. The van der Waals surface area contributed by atoms with E-state index in [1.807, 2.05) is 0 Å². The van der Waals surface area contributed by atoms with E-state index in [0.717, 1.165) is 25.1 Å².